The molecule has 3 nitrogen and oxygen atoms in total. The molecule has 0 radical (unpaired) electrons. The number of likely N-dealkylation sites (tertiary alicyclic amines) is 1. The minimum absolute atomic E-state index is 0.232. The first-order valence-corrected chi connectivity index (χ1v) is 7.79. The van der Waals surface area contributed by atoms with Gasteiger partial charge in [0, 0.05) is 18.7 Å². The molecule has 4 heteroatoms. The summed E-state index contributed by atoms with van der Waals surface area (Å²) < 4.78 is 11.1. The molecule has 1 fully saturated rings. The third-order valence-corrected chi connectivity index (χ3v) is 3.94. The quantitative estimate of drug-likeness (QED) is 0.615. The van der Waals surface area contributed by atoms with Gasteiger partial charge in [0.2, 0.25) is 0 Å². The van der Waals surface area contributed by atoms with Crippen LogP contribution in [0.5, 0.6) is 11.5 Å². The van der Waals surface area contributed by atoms with Crippen LogP contribution in [-0.4, -0.2) is 36.2 Å². The monoisotopic (exact) mass is 303 g/mol. The molecule has 0 saturated carbocycles. The van der Waals surface area contributed by atoms with Gasteiger partial charge in [-0.3, -0.25) is 0 Å². The van der Waals surface area contributed by atoms with Crippen molar-refractivity contribution in [2.75, 3.05) is 26.3 Å². The number of benzene rings is 1. The van der Waals surface area contributed by atoms with Gasteiger partial charge in [-0.2, -0.15) is 0 Å². The Hall–Kier alpha value is -1.73. The molecule has 0 spiro atoms. The van der Waals surface area contributed by atoms with E-state index in [0.29, 0.717) is 18.1 Å². The third kappa shape index (κ3) is 4.12. The molecule has 0 aromatic heterocycles. The Labute approximate surface area is 132 Å². The van der Waals surface area contributed by atoms with Gasteiger partial charge in [0.25, 0.3) is 0 Å². The number of piperidine rings is 1. The van der Waals surface area contributed by atoms with Crippen LogP contribution in [-0.2, 0) is 0 Å². The van der Waals surface area contributed by atoms with Crippen LogP contribution >= 0.6 is 12.2 Å². The van der Waals surface area contributed by atoms with E-state index >= 15 is 0 Å². The van der Waals surface area contributed by atoms with E-state index in [1.165, 1.54) is 19.3 Å². The molecule has 0 bridgehead atoms. The second kappa shape index (κ2) is 7.90. The minimum atomic E-state index is 0.232. The Balaban J connectivity index is 2.17. The Kier molecular flexibility index (Phi) is 5.89. The highest BCUT2D eigenvalue weighted by atomic mass is 32.1. The fourth-order valence-corrected chi connectivity index (χ4v) is 2.74. The third-order valence-electron chi connectivity index (χ3n) is 3.44. The summed E-state index contributed by atoms with van der Waals surface area (Å²) in [5.74, 6) is 3.83. The fraction of sp³-hybridized carbons (Fsp3) is 0.471. The molecule has 0 atom stereocenters. The predicted octanol–water partition coefficient (Wildman–Crippen LogP) is 3.26. The normalized spacial score (nSPS) is 14.4. The van der Waals surface area contributed by atoms with Crippen molar-refractivity contribution in [1.29, 1.82) is 0 Å². The zero-order chi connectivity index (χ0) is 15.1. The SMILES string of the molecule is C#CCOc1ccc(C(=S)N2CCCCC2)cc1OCC. The molecule has 1 aliphatic rings. The molecule has 2 rings (SSSR count). The van der Waals surface area contributed by atoms with E-state index in [2.05, 4.69) is 10.8 Å². The second-order valence-electron chi connectivity index (χ2n) is 4.94. The smallest absolute Gasteiger partial charge is 0.162 e. The van der Waals surface area contributed by atoms with Crippen LogP contribution < -0.4 is 9.47 Å². The van der Waals surface area contributed by atoms with Crippen LogP contribution in [0.15, 0.2) is 18.2 Å². The number of ether oxygens (including phenoxy) is 2. The Morgan fingerprint density at radius 2 is 2.00 bits per heavy atom. The summed E-state index contributed by atoms with van der Waals surface area (Å²) in [5.41, 5.74) is 1.00. The van der Waals surface area contributed by atoms with Crippen molar-refractivity contribution in [1.82, 2.24) is 4.90 Å². The first kappa shape index (κ1) is 15.7. The first-order chi connectivity index (χ1) is 10.3. The van der Waals surface area contributed by atoms with Crippen LogP contribution in [0, 0.1) is 12.3 Å². The number of rotatable bonds is 5. The predicted molar refractivity (Wildman–Crippen MR) is 89.1 cm³/mol. The lowest BCUT2D eigenvalue weighted by Gasteiger charge is -2.29. The number of hydrogen-bond donors (Lipinski definition) is 0. The average Bonchev–Trinajstić information content (AvgIpc) is 2.54. The summed E-state index contributed by atoms with van der Waals surface area (Å²) in [5, 5.41) is 0. The molecule has 1 heterocycles. The van der Waals surface area contributed by atoms with E-state index in [9.17, 15) is 0 Å². The summed E-state index contributed by atoms with van der Waals surface area (Å²) in [4.78, 5) is 3.16. The second-order valence-corrected chi connectivity index (χ2v) is 5.33. The molecule has 0 unspecified atom stereocenters. The average molecular weight is 303 g/mol. The molecular formula is C17H21NO2S. The summed E-state index contributed by atoms with van der Waals surface area (Å²) >= 11 is 5.61. The highest BCUT2D eigenvalue weighted by Gasteiger charge is 2.16. The van der Waals surface area contributed by atoms with Crippen LogP contribution in [0.3, 0.4) is 0 Å². The zero-order valence-corrected chi connectivity index (χ0v) is 13.2. The minimum Gasteiger partial charge on any atom is -0.490 e. The Bertz CT molecular complexity index is 530. The van der Waals surface area contributed by atoms with Gasteiger partial charge >= 0.3 is 0 Å². The molecule has 0 N–H and O–H groups in total. The highest BCUT2D eigenvalue weighted by Crippen LogP contribution is 2.29. The van der Waals surface area contributed by atoms with E-state index in [1.54, 1.807) is 0 Å². The molecular weight excluding hydrogens is 282 g/mol. The molecule has 21 heavy (non-hydrogen) atoms. The fourth-order valence-electron chi connectivity index (χ4n) is 2.43. The van der Waals surface area contributed by atoms with Gasteiger partial charge in [-0.25, -0.2) is 0 Å². The standard InChI is InChI=1S/C17H21NO2S/c1-3-12-20-15-9-8-14(13-16(15)19-4-2)17(21)18-10-6-5-7-11-18/h1,8-9,13H,4-7,10-12H2,2H3. The summed E-state index contributed by atoms with van der Waals surface area (Å²) in [6.45, 7) is 4.83. The van der Waals surface area contributed by atoms with Gasteiger partial charge in [0.1, 0.15) is 11.6 Å². The maximum absolute atomic E-state index is 5.64. The largest absolute Gasteiger partial charge is 0.490 e. The molecule has 112 valence electrons. The van der Waals surface area contributed by atoms with Crippen molar-refractivity contribution in [2.45, 2.75) is 26.2 Å². The van der Waals surface area contributed by atoms with E-state index in [-0.39, 0.29) is 6.61 Å². The molecule has 0 aliphatic carbocycles. The van der Waals surface area contributed by atoms with E-state index < -0.39 is 0 Å². The maximum Gasteiger partial charge on any atom is 0.162 e. The van der Waals surface area contributed by atoms with Gasteiger partial charge in [-0.05, 0) is 44.4 Å². The Morgan fingerprint density at radius 3 is 2.67 bits per heavy atom. The topological polar surface area (TPSA) is 21.7 Å². The lowest BCUT2D eigenvalue weighted by atomic mass is 10.1. The van der Waals surface area contributed by atoms with E-state index in [0.717, 1.165) is 23.6 Å². The molecule has 0 amide bonds. The molecule has 1 aliphatic heterocycles. The lowest BCUT2D eigenvalue weighted by molar-refractivity contribution is 0.299. The van der Waals surface area contributed by atoms with Crippen LogP contribution in [0.25, 0.3) is 0 Å². The van der Waals surface area contributed by atoms with Gasteiger partial charge in [-0.15, -0.1) is 6.42 Å². The van der Waals surface area contributed by atoms with Crippen molar-refractivity contribution < 1.29 is 9.47 Å². The van der Waals surface area contributed by atoms with Gasteiger partial charge < -0.3 is 14.4 Å². The van der Waals surface area contributed by atoms with E-state index in [1.807, 2.05) is 25.1 Å². The molecule has 1 aromatic carbocycles. The number of terminal acetylenes is 1. The van der Waals surface area contributed by atoms with Crippen LogP contribution in [0.2, 0.25) is 0 Å². The zero-order valence-electron chi connectivity index (χ0n) is 12.4. The Morgan fingerprint density at radius 1 is 1.24 bits per heavy atom. The molecule has 1 saturated heterocycles. The summed E-state index contributed by atoms with van der Waals surface area (Å²) in [6, 6.07) is 5.81. The number of thiocarbonyl (C=S) groups is 1. The van der Waals surface area contributed by atoms with Gasteiger partial charge in [-0.1, -0.05) is 18.1 Å². The van der Waals surface area contributed by atoms with Crippen molar-refractivity contribution in [3.63, 3.8) is 0 Å². The highest BCUT2D eigenvalue weighted by molar-refractivity contribution is 7.80. The van der Waals surface area contributed by atoms with Crippen molar-refractivity contribution in [3.8, 4) is 23.8 Å². The van der Waals surface area contributed by atoms with Crippen LogP contribution in [0.4, 0.5) is 0 Å². The van der Waals surface area contributed by atoms with Crippen LogP contribution in [0.1, 0.15) is 31.7 Å². The van der Waals surface area contributed by atoms with Crippen molar-refractivity contribution in [3.05, 3.63) is 23.8 Å². The van der Waals surface area contributed by atoms with E-state index in [4.69, 9.17) is 28.1 Å². The van der Waals surface area contributed by atoms with Gasteiger partial charge in [0.05, 0.1) is 6.61 Å². The van der Waals surface area contributed by atoms with Crippen molar-refractivity contribution >= 4 is 17.2 Å². The summed E-state index contributed by atoms with van der Waals surface area (Å²) in [7, 11) is 0. The maximum atomic E-state index is 5.64. The summed E-state index contributed by atoms with van der Waals surface area (Å²) in [6.07, 6.45) is 8.95. The number of nitrogens with zero attached hydrogens (tertiary/aromatic N) is 1. The van der Waals surface area contributed by atoms with Crippen molar-refractivity contribution in [2.24, 2.45) is 0 Å². The molecule has 1 aromatic rings. The lowest BCUT2D eigenvalue weighted by Crippen LogP contribution is -2.34. The first-order valence-electron chi connectivity index (χ1n) is 7.38. The number of hydrogen-bond acceptors (Lipinski definition) is 3. The van der Waals surface area contributed by atoms with Gasteiger partial charge in [0.15, 0.2) is 11.5 Å².